The van der Waals surface area contributed by atoms with Crippen LogP contribution in [0, 0.1) is 0 Å². The van der Waals surface area contributed by atoms with Crippen molar-refractivity contribution in [3.63, 3.8) is 0 Å². The van der Waals surface area contributed by atoms with E-state index in [2.05, 4.69) is 0 Å². The third kappa shape index (κ3) is 7.80. The minimum atomic E-state index is 0.520. The maximum absolute atomic E-state index is 10.7. The molecule has 0 aliphatic heterocycles. The van der Waals surface area contributed by atoms with Crippen molar-refractivity contribution in [2.75, 3.05) is 26.4 Å². The second kappa shape index (κ2) is 12.8. The van der Waals surface area contributed by atoms with Crippen molar-refractivity contribution in [3.05, 3.63) is 83.9 Å². The molecular formula is C26H26O6. The van der Waals surface area contributed by atoms with Crippen LogP contribution in [0.1, 0.15) is 33.6 Å². The van der Waals surface area contributed by atoms with Crippen LogP contribution in [0.2, 0.25) is 0 Å². The molecule has 0 saturated heterocycles. The van der Waals surface area contributed by atoms with Crippen molar-refractivity contribution < 1.29 is 28.5 Å². The van der Waals surface area contributed by atoms with Gasteiger partial charge in [-0.25, -0.2) is 0 Å². The number of aldehydes is 2. The van der Waals surface area contributed by atoms with Crippen LogP contribution in [0.25, 0.3) is 0 Å². The highest BCUT2D eigenvalue weighted by Crippen LogP contribution is 2.20. The van der Waals surface area contributed by atoms with E-state index in [0.29, 0.717) is 37.6 Å². The van der Waals surface area contributed by atoms with E-state index in [1.807, 2.05) is 24.3 Å². The van der Waals surface area contributed by atoms with Gasteiger partial charge in [0.05, 0.1) is 26.4 Å². The van der Waals surface area contributed by atoms with Crippen LogP contribution in [-0.4, -0.2) is 39.0 Å². The quantitative estimate of drug-likeness (QED) is 0.262. The molecule has 0 aromatic heterocycles. The van der Waals surface area contributed by atoms with Crippen LogP contribution in [0.3, 0.4) is 0 Å². The monoisotopic (exact) mass is 434 g/mol. The summed E-state index contributed by atoms with van der Waals surface area (Å²) in [6, 6.07) is 21.5. The van der Waals surface area contributed by atoms with Gasteiger partial charge in [0.15, 0.2) is 0 Å². The van der Waals surface area contributed by atoms with Gasteiger partial charge in [0.1, 0.15) is 35.6 Å². The zero-order valence-electron chi connectivity index (χ0n) is 17.8. The number of benzene rings is 3. The number of ether oxygens (including phenoxy) is 4. The van der Waals surface area contributed by atoms with Gasteiger partial charge in [0.25, 0.3) is 0 Å². The van der Waals surface area contributed by atoms with E-state index in [1.54, 1.807) is 48.5 Å². The van der Waals surface area contributed by atoms with Gasteiger partial charge < -0.3 is 18.9 Å². The number of hydrogen-bond donors (Lipinski definition) is 0. The molecule has 0 spiro atoms. The Hall–Kier alpha value is -3.80. The predicted molar refractivity (Wildman–Crippen MR) is 121 cm³/mol. The van der Waals surface area contributed by atoms with Gasteiger partial charge in [-0.2, -0.15) is 0 Å². The summed E-state index contributed by atoms with van der Waals surface area (Å²) in [7, 11) is 0. The third-order valence-corrected chi connectivity index (χ3v) is 4.49. The Morgan fingerprint density at radius 3 is 1.25 bits per heavy atom. The molecule has 0 aliphatic rings. The first-order valence-corrected chi connectivity index (χ1v) is 10.5. The Labute approximate surface area is 187 Å². The second-order valence-corrected chi connectivity index (χ2v) is 6.95. The summed E-state index contributed by atoms with van der Waals surface area (Å²) in [5.41, 5.74) is 1.25. The molecule has 166 valence electrons. The second-order valence-electron chi connectivity index (χ2n) is 6.95. The standard InChI is InChI=1S/C26H26O6/c27-19-21-6-10-23(11-7-21)29-14-2-16-31-25-4-1-5-26(18-25)32-17-3-15-30-24-12-8-22(20-28)9-13-24/h1,4-13,18-20H,2-3,14-17H2. The normalized spacial score (nSPS) is 10.2. The fraction of sp³-hybridized carbons (Fsp3) is 0.231. The lowest BCUT2D eigenvalue weighted by molar-refractivity contribution is 0.111. The van der Waals surface area contributed by atoms with Crippen molar-refractivity contribution in [1.82, 2.24) is 0 Å². The van der Waals surface area contributed by atoms with Crippen LogP contribution in [0.5, 0.6) is 23.0 Å². The van der Waals surface area contributed by atoms with E-state index in [1.165, 1.54) is 0 Å². The first kappa shape index (κ1) is 22.9. The molecule has 32 heavy (non-hydrogen) atoms. The molecular weight excluding hydrogens is 408 g/mol. The number of rotatable bonds is 14. The molecule has 0 aliphatic carbocycles. The molecule has 0 heterocycles. The van der Waals surface area contributed by atoms with Crippen LogP contribution in [0.4, 0.5) is 0 Å². The zero-order valence-corrected chi connectivity index (χ0v) is 17.8. The van der Waals surface area contributed by atoms with E-state index in [0.717, 1.165) is 48.4 Å². The summed E-state index contributed by atoms with van der Waals surface area (Å²) in [6.45, 7) is 2.09. The average molecular weight is 434 g/mol. The molecule has 3 aromatic carbocycles. The van der Waals surface area contributed by atoms with E-state index < -0.39 is 0 Å². The Morgan fingerprint density at radius 2 is 0.875 bits per heavy atom. The molecule has 0 unspecified atom stereocenters. The molecule has 0 N–H and O–H groups in total. The first-order chi connectivity index (χ1) is 15.8. The zero-order chi connectivity index (χ0) is 22.4. The van der Waals surface area contributed by atoms with Crippen molar-refractivity contribution in [3.8, 4) is 23.0 Å². The minimum Gasteiger partial charge on any atom is -0.493 e. The predicted octanol–water partition coefficient (Wildman–Crippen LogP) is 5.01. The lowest BCUT2D eigenvalue weighted by atomic mass is 10.2. The summed E-state index contributed by atoms with van der Waals surface area (Å²) < 4.78 is 22.8. The van der Waals surface area contributed by atoms with E-state index in [9.17, 15) is 9.59 Å². The van der Waals surface area contributed by atoms with Gasteiger partial charge in [-0.15, -0.1) is 0 Å². The lowest BCUT2D eigenvalue weighted by Crippen LogP contribution is -2.06. The topological polar surface area (TPSA) is 71.1 Å². The Balaban J connectivity index is 1.29. The van der Waals surface area contributed by atoms with Crippen molar-refractivity contribution in [1.29, 1.82) is 0 Å². The van der Waals surface area contributed by atoms with E-state index >= 15 is 0 Å². The SMILES string of the molecule is O=Cc1ccc(OCCCOc2cccc(OCCCOc3ccc(C=O)cc3)c2)cc1. The van der Waals surface area contributed by atoms with Gasteiger partial charge in [0.2, 0.25) is 0 Å². The summed E-state index contributed by atoms with van der Waals surface area (Å²) in [5.74, 6) is 2.94. The Bertz CT molecular complexity index is 890. The highest BCUT2D eigenvalue weighted by Gasteiger charge is 2.01. The van der Waals surface area contributed by atoms with Gasteiger partial charge in [-0.3, -0.25) is 9.59 Å². The fourth-order valence-electron chi connectivity index (χ4n) is 2.82. The minimum absolute atomic E-state index is 0.520. The van der Waals surface area contributed by atoms with Crippen LogP contribution in [-0.2, 0) is 0 Å². The highest BCUT2D eigenvalue weighted by atomic mass is 16.5. The van der Waals surface area contributed by atoms with Crippen LogP contribution >= 0.6 is 0 Å². The molecule has 0 atom stereocenters. The molecule has 3 rings (SSSR count). The molecule has 0 bridgehead atoms. The molecule has 6 nitrogen and oxygen atoms in total. The van der Waals surface area contributed by atoms with Gasteiger partial charge in [-0.05, 0) is 60.7 Å². The lowest BCUT2D eigenvalue weighted by Gasteiger charge is -2.11. The summed E-state index contributed by atoms with van der Waals surface area (Å²) in [4.78, 5) is 21.3. The van der Waals surface area contributed by atoms with Gasteiger partial charge >= 0.3 is 0 Å². The molecule has 0 saturated carbocycles. The van der Waals surface area contributed by atoms with Crippen molar-refractivity contribution in [2.45, 2.75) is 12.8 Å². The van der Waals surface area contributed by atoms with Gasteiger partial charge in [-0.1, -0.05) is 6.07 Å². The van der Waals surface area contributed by atoms with Crippen molar-refractivity contribution in [2.24, 2.45) is 0 Å². The Kier molecular flexibility index (Phi) is 9.15. The van der Waals surface area contributed by atoms with E-state index in [4.69, 9.17) is 18.9 Å². The smallest absolute Gasteiger partial charge is 0.150 e. The summed E-state index contributed by atoms with van der Waals surface area (Å²) in [5, 5.41) is 0. The molecule has 0 amide bonds. The first-order valence-electron chi connectivity index (χ1n) is 10.5. The Morgan fingerprint density at radius 1 is 0.500 bits per heavy atom. The number of hydrogen-bond acceptors (Lipinski definition) is 6. The molecule has 6 heteroatoms. The fourth-order valence-corrected chi connectivity index (χ4v) is 2.82. The molecule has 0 fully saturated rings. The summed E-state index contributed by atoms with van der Waals surface area (Å²) in [6.07, 6.45) is 3.07. The maximum atomic E-state index is 10.7. The van der Waals surface area contributed by atoms with Crippen LogP contribution in [0.15, 0.2) is 72.8 Å². The maximum Gasteiger partial charge on any atom is 0.150 e. The summed E-state index contributed by atoms with van der Waals surface area (Å²) >= 11 is 0. The van der Waals surface area contributed by atoms with Crippen LogP contribution < -0.4 is 18.9 Å². The molecule has 0 radical (unpaired) electrons. The average Bonchev–Trinajstić information content (AvgIpc) is 2.84. The van der Waals surface area contributed by atoms with Gasteiger partial charge in [0, 0.05) is 30.0 Å². The molecule has 3 aromatic rings. The van der Waals surface area contributed by atoms with Crippen molar-refractivity contribution >= 4 is 12.6 Å². The third-order valence-electron chi connectivity index (χ3n) is 4.49. The highest BCUT2D eigenvalue weighted by molar-refractivity contribution is 5.75. The van der Waals surface area contributed by atoms with E-state index in [-0.39, 0.29) is 0 Å². The number of carbonyl (C=O) groups is 2. The largest absolute Gasteiger partial charge is 0.493 e. The number of carbonyl (C=O) groups excluding carboxylic acids is 2.